The van der Waals surface area contributed by atoms with Gasteiger partial charge >= 0.3 is 18.7 Å². The zero-order valence-corrected chi connectivity index (χ0v) is 54.3. The third kappa shape index (κ3) is 12.0. The maximum absolute atomic E-state index is 13.3. The van der Waals surface area contributed by atoms with Crippen LogP contribution in [0.3, 0.4) is 0 Å². The van der Waals surface area contributed by atoms with Crippen LogP contribution in [0.4, 0.5) is 57.0 Å². The molecule has 6 aromatic heterocycles. The minimum atomic E-state index is -4.83. The molecule has 19 nitrogen and oxygen atoms in total. The lowest BCUT2D eigenvalue weighted by molar-refractivity contribution is -0.274. The third-order valence-electron chi connectivity index (χ3n) is 22.9. The average molecular weight is 1340 g/mol. The van der Waals surface area contributed by atoms with Gasteiger partial charge in [0, 0.05) is 132 Å². The van der Waals surface area contributed by atoms with E-state index < -0.39 is 47.2 Å². The van der Waals surface area contributed by atoms with Gasteiger partial charge in [0.05, 0.1) is 66.7 Å². The molecule has 0 spiro atoms. The summed E-state index contributed by atoms with van der Waals surface area (Å²) in [5.41, 5.74) is 20.9. The maximum atomic E-state index is 13.3. The molecule has 6 aliphatic carbocycles. The molecular weight excluding hydrogens is 1260 g/mol. The molecule has 11 aliphatic rings. The number of anilines is 3. The zero-order valence-electron chi connectivity index (χ0n) is 54.3. The van der Waals surface area contributed by atoms with Crippen molar-refractivity contribution in [1.82, 2.24) is 59.0 Å². The zero-order chi connectivity index (χ0) is 67.5. The molecule has 96 heavy (non-hydrogen) atoms. The lowest BCUT2D eigenvalue weighted by Gasteiger charge is -2.37. The molecule has 0 amide bonds. The van der Waals surface area contributed by atoms with Gasteiger partial charge in [0.2, 0.25) is 6.04 Å². The van der Waals surface area contributed by atoms with Crippen molar-refractivity contribution < 1.29 is 53.7 Å². The second-order valence-electron chi connectivity index (χ2n) is 29.7. The highest BCUT2D eigenvalue weighted by Gasteiger charge is 2.63. The van der Waals surface area contributed by atoms with Crippen molar-refractivity contribution in [1.29, 1.82) is 0 Å². The van der Waals surface area contributed by atoms with Gasteiger partial charge < -0.3 is 36.3 Å². The van der Waals surface area contributed by atoms with E-state index in [1.807, 2.05) is 46.1 Å². The molecule has 6 N–H and O–H groups in total. The fourth-order valence-corrected chi connectivity index (χ4v) is 18.3. The summed E-state index contributed by atoms with van der Waals surface area (Å²) in [5.74, 6) is 3.21. The Kier molecular flexibility index (Phi) is 16.1. The quantitative estimate of drug-likeness (QED) is 0.0725. The summed E-state index contributed by atoms with van der Waals surface area (Å²) in [6.07, 6.45) is 0.498. The van der Waals surface area contributed by atoms with Gasteiger partial charge in [0.15, 0.2) is 11.6 Å². The minimum Gasteiger partial charge on any atom is -0.402 e. The second kappa shape index (κ2) is 23.9. The standard InChI is InChI=1S/C23H28F3N5O2.C23H28F3N5O.C22H25F3N6/c1-11(2)31-19(7-18(29-31)12-3-20(22(27)28-8-12)33-23(24,25)26)21-16-5-13(6-17(16)21)30-9-15-4-14(30)10-32-15;1-11(2)31-20(7-19(29-31)12-3-18(23(24,25)26)22(27)28-8-12)21-16-5-13(6-17(16)21)30-9-15-4-14(30)10-32-15;1-11(2)31-19(20-15-5-14(6-16(15)20)30-9-13(10-30)27-3)7-18(29-31)12-4-17(22(23,24)25)21(26)28-8-12/h3,7-8,11,13-17,21H,4-6,9-10H2,1-2H3,(H2,27,28);3,7-8,11,13-17,21H,4-6,9-10H2,1-2H3,(H2,27,28);4,7-8,11,13-16,20H,5-6,9-10H2,1-2H3,(H2,26,28)/t2*13?,14-,15-,16-,17+,21?;14?,15-,16+,20?/m00./s1. The van der Waals surface area contributed by atoms with Gasteiger partial charge in [0.1, 0.15) is 11.6 Å². The van der Waals surface area contributed by atoms with E-state index in [4.69, 9.17) is 43.4 Å². The van der Waals surface area contributed by atoms with Crippen molar-refractivity contribution in [3.63, 3.8) is 0 Å². The van der Waals surface area contributed by atoms with Crippen molar-refractivity contribution in [2.45, 2.75) is 196 Å². The van der Waals surface area contributed by atoms with Gasteiger partial charge in [-0.1, -0.05) is 0 Å². The lowest BCUT2D eigenvalue weighted by atomic mass is 9.98. The first-order valence-electron chi connectivity index (χ1n) is 33.9. The van der Waals surface area contributed by atoms with Gasteiger partial charge in [-0.3, -0.25) is 28.7 Å². The highest BCUT2D eigenvalue weighted by molar-refractivity contribution is 5.66. The summed E-state index contributed by atoms with van der Waals surface area (Å²) in [5, 5.41) is 14.1. The Bertz CT molecular complexity index is 3930. The molecule has 11 heterocycles. The Morgan fingerprint density at radius 3 is 1.15 bits per heavy atom. The van der Waals surface area contributed by atoms with Crippen LogP contribution in [0.15, 0.2) is 55.0 Å². The molecule has 16 atom stereocenters. The highest BCUT2D eigenvalue weighted by atomic mass is 19.4. The van der Waals surface area contributed by atoms with Crippen LogP contribution in [0.25, 0.3) is 38.6 Å². The van der Waals surface area contributed by atoms with Gasteiger partial charge in [0.25, 0.3) is 0 Å². The second-order valence-corrected chi connectivity index (χ2v) is 29.7. The highest BCUT2D eigenvalue weighted by Crippen LogP contribution is 2.67. The van der Waals surface area contributed by atoms with E-state index in [1.165, 1.54) is 63.2 Å². The van der Waals surface area contributed by atoms with Crippen molar-refractivity contribution in [3.8, 4) is 39.5 Å². The van der Waals surface area contributed by atoms with E-state index in [0.29, 0.717) is 129 Å². The largest absolute Gasteiger partial charge is 0.573 e. The Morgan fingerprint density at radius 2 is 0.833 bits per heavy atom. The normalized spacial score (nSPS) is 31.9. The fourth-order valence-electron chi connectivity index (χ4n) is 18.3. The molecule has 4 bridgehead atoms. The number of nitrogens with two attached hydrogens (primary N) is 3. The van der Waals surface area contributed by atoms with Crippen LogP contribution in [-0.4, -0.2) is 153 Å². The van der Waals surface area contributed by atoms with Crippen LogP contribution >= 0.6 is 0 Å². The monoisotopic (exact) mass is 1340 g/mol. The molecule has 5 saturated heterocycles. The number of fused-ring (bicyclic) bond motifs is 7. The first-order chi connectivity index (χ1) is 45.5. The number of aromatic nitrogens is 9. The number of morpholine rings is 2. The summed E-state index contributed by atoms with van der Waals surface area (Å²) in [7, 11) is 0. The van der Waals surface area contributed by atoms with Gasteiger partial charge in [-0.25, -0.2) is 21.5 Å². The first kappa shape index (κ1) is 64.9. The minimum absolute atomic E-state index is 0.111. The Balaban J connectivity index is 0.000000118. The van der Waals surface area contributed by atoms with Crippen molar-refractivity contribution in [2.24, 2.45) is 35.5 Å². The Morgan fingerprint density at radius 1 is 0.479 bits per heavy atom. The average Bonchev–Trinajstić information content (AvgIpc) is 1.56. The first-order valence-corrected chi connectivity index (χ1v) is 33.9. The summed E-state index contributed by atoms with van der Waals surface area (Å²) in [4.78, 5) is 22.8. The molecule has 6 aromatic rings. The topological polar surface area (TPSA) is 212 Å². The van der Waals surface area contributed by atoms with E-state index in [-0.39, 0.29) is 30.0 Å². The van der Waals surface area contributed by atoms with E-state index in [9.17, 15) is 39.5 Å². The molecule has 6 saturated carbocycles. The molecule has 0 aromatic carbocycles. The summed E-state index contributed by atoms with van der Waals surface area (Å²) >= 11 is 0. The Hall–Kier alpha value is -7.06. The molecule has 5 aliphatic heterocycles. The molecule has 6 unspecified atom stereocenters. The number of nitrogens with zero attached hydrogens (tertiary/aromatic N) is 13. The van der Waals surface area contributed by atoms with Gasteiger partial charge in [-0.05, 0) is 165 Å². The van der Waals surface area contributed by atoms with E-state index in [0.717, 1.165) is 81.4 Å². The number of likely N-dealkylation sites (tertiary alicyclic amines) is 3. The molecule has 28 heteroatoms. The van der Waals surface area contributed by atoms with Crippen molar-refractivity contribution >= 4 is 17.5 Å². The van der Waals surface area contributed by atoms with Crippen LogP contribution in [-0.2, 0) is 21.8 Å². The number of ether oxygens (including phenoxy) is 3. The number of alkyl halides is 9. The molecular formula is C68H81F9N16O3. The molecule has 11 fully saturated rings. The molecule has 0 radical (unpaired) electrons. The Labute approximate surface area is 550 Å². The van der Waals surface area contributed by atoms with Gasteiger partial charge in [-0.15, -0.1) is 13.2 Å². The molecule has 17 rings (SSSR count). The SMILES string of the molecule is CC(C)n1nc(-c2cnc(N)c(C(F)(F)F)c2)cc1C1[C@H]2CC(N3C[C@@H]4C[C@H]3CO4)C[C@@H]12.CC(C)n1nc(-c2cnc(N)c(OC(F)(F)F)c2)cc1C1[C@H]2CC(N3C[C@@H]4C[C@H]3CO4)C[C@@H]12.[C-]#[N+]C1CN(C2C[C@@H]3C(c4cc(-c5cnc(N)c(C(F)(F)F)c5)nn4C(C)C)[C@@H]3C2)C1. The van der Waals surface area contributed by atoms with Crippen LogP contribution in [0.5, 0.6) is 5.75 Å². The fraction of sp³-hybridized carbons (Fsp3) is 0.632. The summed E-state index contributed by atoms with van der Waals surface area (Å²) in [6, 6.07) is 12.9. The predicted octanol–water partition coefficient (Wildman–Crippen LogP) is 12.3. The van der Waals surface area contributed by atoms with Crippen LogP contribution in [0, 0.1) is 42.1 Å². The summed E-state index contributed by atoms with van der Waals surface area (Å²) < 4.78 is 139. The van der Waals surface area contributed by atoms with Crippen molar-refractivity contribution in [3.05, 3.63) is 94.6 Å². The number of pyridine rings is 3. The third-order valence-corrected chi connectivity index (χ3v) is 22.9. The van der Waals surface area contributed by atoms with E-state index in [1.54, 1.807) is 0 Å². The van der Waals surface area contributed by atoms with Crippen LogP contribution in [0.2, 0.25) is 0 Å². The van der Waals surface area contributed by atoms with Crippen LogP contribution in [0.1, 0.15) is 157 Å². The smallest absolute Gasteiger partial charge is 0.402 e. The summed E-state index contributed by atoms with van der Waals surface area (Å²) in [6.45, 7) is 25.1. The number of hydrogen-bond donors (Lipinski definition) is 3. The van der Waals surface area contributed by atoms with E-state index in [2.05, 4.69) is 72.0 Å². The van der Waals surface area contributed by atoms with Gasteiger partial charge in [-0.2, -0.15) is 41.6 Å². The molecule has 514 valence electrons. The maximum Gasteiger partial charge on any atom is 0.573 e. The predicted molar refractivity (Wildman–Crippen MR) is 337 cm³/mol. The number of nitrogen functional groups attached to an aromatic ring is 3. The lowest BCUT2D eigenvalue weighted by Crippen LogP contribution is -2.53. The number of rotatable bonds is 13. The van der Waals surface area contributed by atoms with E-state index >= 15 is 0 Å². The van der Waals surface area contributed by atoms with Crippen molar-refractivity contribution in [2.75, 3.05) is 56.6 Å². The number of hydrogen-bond acceptors (Lipinski definition) is 15. The number of halogens is 9. The van der Waals surface area contributed by atoms with Crippen LogP contribution < -0.4 is 21.9 Å².